The van der Waals surface area contributed by atoms with Crippen molar-refractivity contribution >= 4 is 0 Å². The molecule has 0 unspecified atom stereocenters. The van der Waals surface area contributed by atoms with Crippen LogP contribution in [-0.4, -0.2) is 9.78 Å². The molecule has 0 radical (unpaired) electrons. The Morgan fingerprint density at radius 1 is 1.33 bits per heavy atom. The maximum atomic E-state index is 12.6. The van der Waals surface area contributed by atoms with Gasteiger partial charge in [-0.25, -0.2) is 0 Å². The SMILES string of the molecule is CC(C)(C)n1nc(CN)cc1C(F)(F)F. The summed E-state index contributed by atoms with van der Waals surface area (Å²) >= 11 is 0. The van der Waals surface area contributed by atoms with Crippen LogP contribution in [0.3, 0.4) is 0 Å². The van der Waals surface area contributed by atoms with Gasteiger partial charge in [-0.3, -0.25) is 4.68 Å². The number of hydrogen-bond donors (Lipinski definition) is 1. The van der Waals surface area contributed by atoms with E-state index >= 15 is 0 Å². The molecule has 0 bridgehead atoms. The molecule has 0 fully saturated rings. The smallest absolute Gasteiger partial charge is 0.325 e. The Labute approximate surface area is 86.1 Å². The van der Waals surface area contributed by atoms with E-state index in [1.807, 2.05) is 0 Å². The van der Waals surface area contributed by atoms with Gasteiger partial charge in [-0.2, -0.15) is 18.3 Å². The first-order valence-electron chi connectivity index (χ1n) is 4.53. The Morgan fingerprint density at radius 2 is 1.87 bits per heavy atom. The van der Waals surface area contributed by atoms with Crippen LogP contribution in [0.4, 0.5) is 13.2 Å². The lowest BCUT2D eigenvalue weighted by atomic mass is 10.1. The predicted molar refractivity (Wildman–Crippen MR) is 50.1 cm³/mol. The first kappa shape index (κ1) is 12.0. The van der Waals surface area contributed by atoms with Crippen LogP contribution < -0.4 is 5.73 Å². The van der Waals surface area contributed by atoms with Gasteiger partial charge in [0.25, 0.3) is 0 Å². The second kappa shape index (κ2) is 3.52. The van der Waals surface area contributed by atoms with E-state index < -0.39 is 17.4 Å². The maximum absolute atomic E-state index is 12.6. The fourth-order valence-corrected chi connectivity index (χ4v) is 1.24. The van der Waals surface area contributed by atoms with Crippen molar-refractivity contribution < 1.29 is 13.2 Å². The summed E-state index contributed by atoms with van der Waals surface area (Å²) in [6.45, 7) is 4.99. The Morgan fingerprint density at radius 3 is 2.13 bits per heavy atom. The molecular formula is C9H14F3N3. The third-order valence-electron chi connectivity index (χ3n) is 1.89. The van der Waals surface area contributed by atoms with Gasteiger partial charge in [-0.15, -0.1) is 0 Å². The Kier molecular flexibility index (Phi) is 2.82. The van der Waals surface area contributed by atoms with Crippen LogP contribution in [0.15, 0.2) is 6.07 Å². The van der Waals surface area contributed by atoms with E-state index in [-0.39, 0.29) is 12.2 Å². The average Bonchev–Trinajstić information content (AvgIpc) is 2.44. The zero-order valence-corrected chi connectivity index (χ0v) is 8.89. The van der Waals surface area contributed by atoms with E-state index in [0.29, 0.717) is 0 Å². The first-order valence-corrected chi connectivity index (χ1v) is 4.53. The molecule has 1 rings (SSSR count). The quantitative estimate of drug-likeness (QED) is 0.789. The molecule has 86 valence electrons. The fraction of sp³-hybridized carbons (Fsp3) is 0.667. The van der Waals surface area contributed by atoms with Gasteiger partial charge in [-0.05, 0) is 26.8 Å². The van der Waals surface area contributed by atoms with Gasteiger partial charge in [0.05, 0.1) is 11.2 Å². The Hall–Kier alpha value is -1.04. The van der Waals surface area contributed by atoms with Crippen molar-refractivity contribution in [3.05, 3.63) is 17.5 Å². The van der Waals surface area contributed by atoms with Crippen LogP contribution in [0.1, 0.15) is 32.2 Å². The van der Waals surface area contributed by atoms with E-state index in [2.05, 4.69) is 5.10 Å². The van der Waals surface area contributed by atoms with Gasteiger partial charge in [0.1, 0.15) is 5.69 Å². The summed E-state index contributed by atoms with van der Waals surface area (Å²) < 4.78 is 38.8. The van der Waals surface area contributed by atoms with E-state index in [1.165, 1.54) is 0 Å². The minimum atomic E-state index is -4.40. The van der Waals surface area contributed by atoms with E-state index in [4.69, 9.17) is 5.73 Å². The molecule has 1 aromatic rings. The molecule has 1 heterocycles. The maximum Gasteiger partial charge on any atom is 0.433 e. The van der Waals surface area contributed by atoms with Crippen LogP contribution in [0.25, 0.3) is 0 Å². The first-order chi connectivity index (χ1) is 6.66. The van der Waals surface area contributed by atoms with Crippen LogP contribution in [0, 0.1) is 0 Å². The van der Waals surface area contributed by atoms with Gasteiger partial charge < -0.3 is 5.73 Å². The molecule has 0 aromatic carbocycles. The fourth-order valence-electron chi connectivity index (χ4n) is 1.24. The van der Waals surface area contributed by atoms with Crippen LogP contribution in [0.5, 0.6) is 0 Å². The van der Waals surface area contributed by atoms with E-state index in [9.17, 15) is 13.2 Å². The van der Waals surface area contributed by atoms with Crippen molar-refractivity contribution in [2.75, 3.05) is 0 Å². The topological polar surface area (TPSA) is 43.8 Å². The summed E-state index contributed by atoms with van der Waals surface area (Å²) in [4.78, 5) is 0. The minimum Gasteiger partial charge on any atom is -0.325 e. The van der Waals surface area contributed by atoms with Gasteiger partial charge in [0, 0.05) is 6.54 Å². The van der Waals surface area contributed by atoms with Crippen LogP contribution in [-0.2, 0) is 18.3 Å². The van der Waals surface area contributed by atoms with Crippen molar-refractivity contribution in [2.45, 2.75) is 39.0 Å². The van der Waals surface area contributed by atoms with E-state index in [0.717, 1.165) is 10.7 Å². The van der Waals surface area contributed by atoms with Gasteiger partial charge in [0.15, 0.2) is 0 Å². The summed E-state index contributed by atoms with van der Waals surface area (Å²) in [6.07, 6.45) is -4.40. The van der Waals surface area contributed by atoms with Crippen molar-refractivity contribution in [3.8, 4) is 0 Å². The molecule has 0 spiro atoms. The predicted octanol–water partition coefficient (Wildman–Crippen LogP) is 2.12. The summed E-state index contributed by atoms with van der Waals surface area (Å²) in [7, 11) is 0. The number of alkyl halides is 3. The van der Waals surface area contributed by atoms with Crippen LogP contribution >= 0.6 is 0 Å². The molecule has 15 heavy (non-hydrogen) atoms. The number of hydrogen-bond acceptors (Lipinski definition) is 2. The zero-order chi connectivity index (χ0) is 11.9. The molecule has 0 amide bonds. The zero-order valence-electron chi connectivity index (χ0n) is 8.89. The van der Waals surface area contributed by atoms with Crippen molar-refractivity contribution in [1.29, 1.82) is 0 Å². The lowest BCUT2D eigenvalue weighted by Gasteiger charge is -2.23. The van der Waals surface area contributed by atoms with Gasteiger partial charge in [-0.1, -0.05) is 0 Å². The summed E-state index contributed by atoms with van der Waals surface area (Å²) in [5, 5.41) is 3.84. The standard InChI is InChI=1S/C9H14F3N3/c1-8(2,3)15-7(9(10,11)12)4-6(5-13)14-15/h4H,5,13H2,1-3H3. The van der Waals surface area contributed by atoms with Gasteiger partial charge in [0.2, 0.25) is 0 Å². The van der Waals surface area contributed by atoms with Crippen molar-refractivity contribution in [1.82, 2.24) is 9.78 Å². The molecule has 0 saturated heterocycles. The summed E-state index contributed by atoms with van der Waals surface area (Å²) in [5.41, 5.74) is 4.06. The summed E-state index contributed by atoms with van der Waals surface area (Å²) in [6, 6.07) is 0.991. The van der Waals surface area contributed by atoms with Crippen molar-refractivity contribution in [3.63, 3.8) is 0 Å². The molecule has 6 heteroatoms. The number of rotatable bonds is 1. The molecule has 2 N–H and O–H groups in total. The lowest BCUT2D eigenvalue weighted by molar-refractivity contribution is -0.146. The number of aromatic nitrogens is 2. The largest absolute Gasteiger partial charge is 0.433 e. The number of nitrogens with zero attached hydrogens (tertiary/aromatic N) is 2. The molecule has 0 aliphatic rings. The lowest BCUT2D eigenvalue weighted by Crippen LogP contribution is -2.28. The number of nitrogens with two attached hydrogens (primary N) is 1. The Bertz CT molecular complexity index is 315. The summed E-state index contributed by atoms with van der Waals surface area (Å²) in [5.74, 6) is 0. The second-order valence-electron chi connectivity index (χ2n) is 4.31. The average molecular weight is 221 g/mol. The minimum absolute atomic E-state index is 0.00611. The molecule has 0 saturated carbocycles. The molecule has 0 aliphatic carbocycles. The third-order valence-corrected chi connectivity index (χ3v) is 1.89. The molecule has 1 aromatic heterocycles. The number of halogens is 3. The highest BCUT2D eigenvalue weighted by molar-refractivity contribution is 5.15. The molecule has 3 nitrogen and oxygen atoms in total. The molecule has 0 aliphatic heterocycles. The third kappa shape index (κ3) is 2.50. The highest BCUT2D eigenvalue weighted by Gasteiger charge is 2.38. The molecule has 0 atom stereocenters. The Balaban J connectivity index is 3.31. The van der Waals surface area contributed by atoms with E-state index in [1.54, 1.807) is 20.8 Å². The highest BCUT2D eigenvalue weighted by atomic mass is 19.4. The van der Waals surface area contributed by atoms with Gasteiger partial charge >= 0.3 is 6.18 Å². The molecular weight excluding hydrogens is 207 g/mol. The monoisotopic (exact) mass is 221 g/mol. The highest BCUT2D eigenvalue weighted by Crippen LogP contribution is 2.32. The second-order valence-corrected chi connectivity index (χ2v) is 4.31. The normalized spacial score (nSPS) is 13.3. The van der Waals surface area contributed by atoms with Crippen molar-refractivity contribution in [2.24, 2.45) is 5.73 Å². The van der Waals surface area contributed by atoms with Crippen LogP contribution in [0.2, 0.25) is 0 Å².